The maximum absolute atomic E-state index is 13.1. The molecule has 23 heavy (non-hydrogen) atoms. The number of anilines is 2. The van der Waals surface area contributed by atoms with E-state index in [1.165, 1.54) is 30.3 Å². The maximum atomic E-state index is 13.1. The van der Waals surface area contributed by atoms with Gasteiger partial charge in [-0.25, -0.2) is 12.8 Å². The van der Waals surface area contributed by atoms with Crippen LogP contribution in [0.15, 0.2) is 41.3 Å². The van der Waals surface area contributed by atoms with Gasteiger partial charge in [-0.1, -0.05) is 0 Å². The quantitative estimate of drug-likeness (QED) is 0.785. The molecule has 2 rings (SSSR count). The molecule has 2 aromatic carbocycles. The summed E-state index contributed by atoms with van der Waals surface area (Å²) in [7, 11) is -1.93. The standard InChI is InChI=1S/C16H15ClFNO3S/c1-10-8-14(19(2)12-6-4-11(18)5-7-12)15(23(3,21)22)9-13(10)16(17)20/h4-9H,1-3H3. The Labute approximate surface area is 139 Å². The van der Waals surface area contributed by atoms with Gasteiger partial charge >= 0.3 is 0 Å². The number of hydrogen-bond acceptors (Lipinski definition) is 4. The van der Waals surface area contributed by atoms with Gasteiger partial charge in [0, 0.05) is 24.6 Å². The molecular formula is C16H15ClFNO3S. The molecule has 4 nitrogen and oxygen atoms in total. The van der Waals surface area contributed by atoms with E-state index < -0.39 is 15.1 Å². The van der Waals surface area contributed by atoms with Gasteiger partial charge < -0.3 is 4.90 Å². The lowest BCUT2D eigenvalue weighted by atomic mass is 10.1. The minimum absolute atomic E-state index is 0.0149. The molecular weight excluding hydrogens is 341 g/mol. The molecule has 0 aromatic heterocycles. The van der Waals surface area contributed by atoms with Gasteiger partial charge in [-0.05, 0) is 60.5 Å². The lowest BCUT2D eigenvalue weighted by molar-refractivity contribution is 0.108. The number of aryl methyl sites for hydroxylation is 1. The summed E-state index contributed by atoms with van der Waals surface area (Å²) >= 11 is 5.51. The van der Waals surface area contributed by atoms with E-state index in [1.54, 1.807) is 24.9 Å². The number of carbonyl (C=O) groups excluding carboxylic acids is 1. The molecule has 0 fully saturated rings. The van der Waals surface area contributed by atoms with E-state index in [0.717, 1.165) is 6.26 Å². The molecule has 0 aliphatic carbocycles. The van der Waals surface area contributed by atoms with Crippen LogP contribution in [-0.4, -0.2) is 27.0 Å². The largest absolute Gasteiger partial charge is 0.344 e. The Hall–Kier alpha value is -1.92. The molecule has 7 heteroatoms. The van der Waals surface area contributed by atoms with Crippen molar-refractivity contribution in [1.82, 2.24) is 0 Å². The Kier molecular flexibility index (Phi) is 4.77. The molecule has 2 aromatic rings. The molecule has 122 valence electrons. The number of sulfone groups is 1. The van der Waals surface area contributed by atoms with Crippen LogP contribution in [-0.2, 0) is 9.84 Å². The van der Waals surface area contributed by atoms with Crippen molar-refractivity contribution in [3.63, 3.8) is 0 Å². The molecule has 0 saturated heterocycles. The zero-order chi connectivity index (χ0) is 17.4. The first-order valence-electron chi connectivity index (χ1n) is 6.65. The number of halogens is 2. The van der Waals surface area contributed by atoms with Crippen molar-refractivity contribution in [3.8, 4) is 0 Å². The van der Waals surface area contributed by atoms with Crippen LogP contribution in [0.4, 0.5) is 15.8 Å². The van der Waals surface area contributed by atoms with E-state index >= 15 is 0 Å². The predicted molar refractivity (Wildman–Crippen MR) is 88.9 cm³/mol. The topological polar surface area (TPSA) is 54.5 Å². The van der Waals surface area contributed by atoms with Crippen molar-refractivity contribution < 1.29 is 17.6 Å². The maximum Gasteiger partial charge on any atom is 0.252 e. The van der Waals surface area contributed by atoms with Gasteiger partial charge in [0.25, 0.3) is 5.24 Å². The molecule has 0 N–H and O–H groups in total. The summed E-state index contributed by atoms with van der Waals surface area (Å²) in [6, 6.07) is 8.50. The smallest absolute Gasteiger partial charge is 0.252 e. The summed E-state index contributed by atoms with van der Waals surface area (Å²) in [4.78, 5) is 13.1. The third-order valence-electron chi connectivity index (χ3n) is 3.49. The van der Waals surface area contributed by atoms with Crippen molar-refractivity contribution in [3.05, 3.63) is 53.3 Å². The molecule has 0 unspecified atom stereocenters. The van der Waals surface area contributed by atoms with Crippen molar-refractivity contribution in [2.24, 2.45) is 0 Å². The van der Waals surface area contributed by atoms with Crippen molar-refractivity contribution in [2.75, 3.05) is 18.2 Å². The molecule has 0 atom stereocenters. The van der Waals surface area contributed by atoms with Gasteiger partial charge in [-0.15, -0.1) is 0 Å². The van der Waals surface area contributed by atoms with Crippen LogP contribution >= 0.6 is 11.6 Å². The summed E-state index contributed by atoms with van der Waals surface area (Å²) in [5, 5.41) is -0.719. The lowest BCUT2D eigenvalue weighted by Gasteiger charge is -2.23. The van der Waals surface area contributed by atoms with E-state index in [4.69, 9.17) is 11.6 Å². The molecule has 0 spiro atoms. The fourth-order valence-corrected chi connectivity index (χ4v) is 3.36. The Morgan fingerprint density at radius 2 is 1.74 bits per heavy atom. The van der Waals surface area contributed by atoms with Crippen LogP contribution in [0.5, 0.6) is 0 Å². The van der Waals surface area contributed by atoms with Crippen LogP contribution in [0.2, 0.25) is 0 Å². The third kappa shape index (κ3) is 3.71. The van der Waals surface area contributed by atoms with Crippen LogP contribution in [0, 0.1) is 12.7 Å². The number of rotatable bonds is 4. The van der Waals surface area contributed by atoms with E-state index in [-0.39, 0.29) is 16.3 Å². The fraction of sp³-hybridized carbons (Fsp3) is 0.188. The number of carbonyl (C=O) groups is 1. The summed E-state index contributed by atoms with van der Waals surface area (Å²) in [5.74, 6) is -0.384. The summed E-state index contributed by atoms with van der Waals surface area (Å²) in [6.07, 6.45) is 1.06. The van der Waals surface area contributed by atoms with Crippen LogP contribution in [0.1, 0.15) is 15.9 Å². The molecule has 0 radical (unpaired) electrons. The monoisotopic (exact) mass is 355 g/mol. The van der Waals surface area contributed by atoms with Gasteiger partial charge in [0.1, 0.15) is 5.82 Å². The van der Waals surface area contributed by atoms with Gasteiger partial charge in [0.15, 0.2) is 9.84 Å². The molecule has 0 aliphatic rings. The molecule has 0 amide bonds. The first-order valence-corrected chi connectivity index (χ1v) is 8.92. The fourth-order valence-electron chi connectivity index (χ4n) is 2.25. The molecule has 0 saturated carbocycles. The van der Waals surface area contributed by atoms with Crippen molar-refractivity contribution >= 4 is 38.1 Å². The average Bonchev–Trinajstić information content (AvgIpc) is 2.45. The second-order valence-corrected chi connectivity index (χ2v) is 7.54. The predicted octanol–water partition coefficient (Wildman–Crippen LogP) is 3.68. The number of nitrogens with zero attached hydrogens (tertiary/aromatic N) is 1. The van der Waals surface area contributed by atoms with E-state index in [1.807, 2.05) is 0 Å². The van der Waals surface area contributed by atoms with Crippen LogP contribution in [0.25, 0.3) is 0 Å². The summed E-state index contributed by atoms with van der Waals surface area (Å²) in [5.41, 5.74) is 1.70. The van der Waals surface area contributed by atoms with Crippen molar-refractivity contribution in [2.45, 2.75) is 11.8 Å². The zero-order valence-corrected chi connectivity index (χ0v) is 14.4. The summed E-state index contributed by atoms with van der Waals surface area (Å²) < 4.78 is 37.2. The first-order chi connectivity index (χ1) is 10.6. The Morgan fingerprint density at radius 3 is 2.22 bits per heavy atom. The average molecular weight is 356 g/mol. The highest BCUT2D eigenvalue weighted by Gasteiger charge is 2.21. The third-order valence-corrected chi connectivity index (χ3v) is 4.82. The molecule has 0 bridgehead atoms. The van der Waals surface area contributed by atoms with E-state index in [9.17, 15) is 17.6 Å². The van der Waals surface area contributed by atoms with E-state index in [0.29, 0.717) is 16.9 Å². The van der Waals surface area contributed by atoms with Gasteiger partial charge in [0.2, 0.25) is 0 Å². The summed E-state index contributed by atoms with van der Waals surface area (Å²) in [6.45, 7) is 1.67. The highest BCUT2D eigenvalue weighted by molar-refractivity contribution is 7.90. The second kappa shape index (κ2) is 6.29. The van der Waals surface area contributed by atoms with Crippen LogP contribution < -0.4 is 4.90 Å². The van der Waals surface area contributed by atoms with Gasteiger partial charge in [-0.2, -0.15) is 0 Å². The van der Waals surface area contributed by atoms with Gasteiger partial charge in [-0.3, -0.25) is 4.79 Å². The second-order valence-electron chi connectivity index (χ2n) is 5.22. The van der Waals surface area contributed by atoms with Crippen molar-refractivity contribution in [1.29, 1.82) is 0 Å². The lowest BCUT2D eigenvalue weighted by Crippen LogP contribution is -2.15. The highest BCUT2D eigenvalue weighted by atomic mass is 35.5. The van der Waals surface area contributed by atoms with Gasteiger partial charge in [0.05, 0.1) is 10.6 Å². The minimum Gasteiger partial charge on any atom is -0.344 e. The van der Waals surface area contributed by atoms with E-state index in [2.05, 4.69) is 0 Å². The SMILES string of the molecule is Cc1cc(N(C)c2ccc(F)cc2)c(S(C)(=O)=O)cc1C(=O)Cl. The number of hydrogen-bond donors (Lipinski definition) is 0. The Balaban J connectivity index is 2.67. The first kappa shape index (κ1) is 17.4. The normalized spacial score (nSPS) is 11.3. The van der Waals surface area contributed by atoms with Crippen LogP contribution in [0.3, 0.4) is 0 Å². The Bertz CT molecular complexity index is 864. The Morgan fingerprint density at radius 1 is 1.17 bits per heavy atom. The molecule has 0 heterocycles. The zero-order valence-electron chi connectivity index (χ0n) is 12.8. The molecule has 0 aliphatic heterocycles. The highest BCUT2D eigenvalue weighted by Crippen LogP contribution is 2.33. The minimum atomic E-state index is -3.59. The number of benzene rings is 2.